The lowest BCUT2D eigenvalue weighted by atomic mass is 10.1. The molecule has 0 radical (unpaired) electrons. The maximum atomic E-state index is 12.6. The lowest BCUT2D eigenvalue weighted by Crippen LogP contribution is -2.40. The molecule has 1 saturated carbocycles. The van der Waals surface area contributed by atoms with Crippen molar-refractivity contribution in [3.8, 4) is 17.2 Å². The number of nitrogens with one attached hydrogen (secondary N) is 1. The molecule has 0 unspecified atom stereocenters. The molecule has 0 heterocycles. The summed E-state index contributed by atoms with van der Waals surface area (Å²) in [5.41, 5.74) is 0.246. The molecule has 1 aliphatic rings. The molecule has 1 fully saturated rings. The summed E-state index contributed by atoms with van der Waals surface area (Å²) in [5.74, 6) is 0.380. The van der Waals surface area contributed by atoms with Crippen molar-refractivity contribution < 1.29 is 28.5 Å². The topological polar surface area (TPSA) is 83.1 Å². The highest BCUT2D eigenvalue weighted by molar-refractivity contribution is 5.93. The van der Waals surface area contributed by atoms with Crippen LogP contribution in [0, 0.1) is 0 Å². The number of hydrogen-bond acceptors (Lipinski definition) is 6. The first-order chi connectivity index (χ1) is 13.5. The van der Waals surface area contributed by atoms with Gasteiger partial charge in [0.05, 0.1) is 25.4 Å². The highest BCUT2D eigenvalue weighted by Crippen LogP contribution is 2.39. The summed E-state index contributed by atoms with van der Waals surface area (Å²) < 4.78 is 22.2. The van der Waals surface area contributed by atoms with Gasteiger partial charge in [-0.05, 0) is 52.7 Å². The lowest BCUT2D eigenvalue weighted by molar-refractivity contribution is -0.129. The van der Waals surface area contributed by atoms with Gasteiger partial charge < -0.3 is 24.3 Å². The van der Waals surface area contributed by atoms with E-state index >= 15 is 0 Å². The SMILES string of the molecule is CCOc1cc(C(=O)O[C@@H](C)C(=O)NC2CCCC2)cc(OCC)c1OCC. The van der Waals surface area contributed by atoms with Crippen LogP contribution in [0.15, 0.2) is 12.1 Å². The molecule has 0 spiro atoms. The Morgan fingerprint density at radius 2 is 1.54 bits per heavy atom. The second kappa shape index (κ2) is 10.8. The zero-order valence-electron chi connectivity index (χ0n) is 17.2. The van der Waals surface area contributed by atoms with E-state index in [4.69, 9.17) is 18.9 Å². The zero-order chi connectivity index (χ0) is 20.5. The van der Waals surface area contributed by atoms with Crippen molar-refractivity contribution >= 4 is 11.9 Å². The monoisotopic (exact) mass is 393 g/mol. The minimum Gasteiger partial charge on any atom is -0.490 e. The lowest BCUT2D eigenvalue weighted by Gasteiger charge is -2.19. The first-order valence-corrected chi connectivity index (χ1v) is 10.1. The van der Waals surface area contributed by atoms with Crippen molar-refractivity contribution in [1.82, 2.24) is 5.32 Å². The number of benzene rings is 1. The van der Waals surface area contributed by atoms with E-state index in [1.165, 1.54) is 0 Å². The molecule has 1 aromatic carbocycles. The molecule has 1 aromatic rings. The molecule has 7 heteroatoms. The third kappa shape index (κ3) is 5.78. The molecular formula is C21H31NO6. The number of esters is 1. The van der Waals surface area contributed by atoms with Crippen LogP contribution in [0.3, 0.4) is 0 Å². The molecule has 0 saturated heterocycles. The fraction of sp³-hybridized carbons (Fsp3) is 0.619. The third-order valence-corrected chi connectivity index (χ3v) is 4.50. The molecule has 1 aliphatic carbocycles. The van der Waals surface area contributed by atoms with Crippen LogP contribution in [0.25, 0.3) is 0 Å². The maximum absolute atomic E-state index is 12.6. The average Bonchev–Trinajstić information content (AvgIpc) is 3.17. The van der Waals surface area contributed by atoms with E-state index in [2.05, 4.69) is 5.32 Å². The molecule has 28 heavy (non-hydrogen) atoms. The molecule has 0 bridgehead atoms. The van der Waals surface area contributed by atoms with Crippen LogP contribution in [-0.4, -0.2) is 43.8 Å². The summed E-state index contributed by atoms with van der Waals surface area (Å²) in [7, 11) is 0. The van der Waals surface area contributed by atoms with Gasteiger partial charge >= 0.3 is 5.97 Å². The van der Waals surface area contributed by atoms with Gasteiger partial charge in [-0.2, -0.15) is 0 Å². The molecule has 1 N–H and O–H groups in total. The largest absolute Gasteiger partial charge is 0.490 e. The van der Waals surface area contributed by atoms with E-state index in [1.807, 2.05) is 20.8 Å². The quantitative estimate of drug-likeness (QED) is 0.613. The van der Waals surface area contributed by atoms with Crippen LogP contribution in [0.4, 0.5) is 0 Å². The van der Waals surface area contributed by atoms with E-state index in [0.717, 1.165) is 25.7 Å². The number of ether oxygens (including phenoxy) is 4. The van der Waals surface area contributed by atoms with Crippen molar-refractivity contribution in [2.45, 2.75) is 65.5 Å². The Kier molecular flexibility index (Phi) is 8.42. The van der Waals surface area contributed by atoms with E-state index in [-0.39, 0.29) is 17.5 Å². The average molecular weight is 393 g/mol. The van der Waals surface area contributed by atoms with Gasteiger partial charge in [-0.15, -0.1) is 0 Å². The van der Waals surface area contributed by atoms with Crippen LogP contribution in [0.1, 0.15) is 63.7 Å². The molecule has 2 rings (SSSR count). The normalized spacial score (nSPS) is 15.0. The van der Waals surface area contributed by atoms with Gasteiger partial charge in [-0.25, -0.2) is 4.79 Å². The summed E-state index contributed by atoms with van der Waals surface area (Å²) in [5, 5.41) is 2.94. The highest BCUT2D eigenvalue weighted by Gasteiger charge is 2.25. The van der Waals surface area contributed by atoms with Gasteiger partial charge in [-0.1, -0.05) is 12.8 Å². The molecule has 0 aromatic heterocycles. The Morgan fingerprint density at radius 3 is 2.04 bits per heavy atom. The van der Waals surface area contributed by atoms with Gasteiger partial charge in [0.25, 0.3) is 5.91 Å². The van der Waals surface area contributed by atoms with Gasteiger partial charge in [0.15, 0.2) is 17.6 Å². The molecule has 156 valence electrons. The van der Waals surface area contributed by atoms with Crippen LogP contribution in [0.2, 0.25) is 0 Å². The Labute approximate surface area is 166 Å². The molecule has 1 atom stereocenters. The van der Waals surface area contributed by atoms with Crippen molar-refractivity contribution in [3.63, 3.8) is 0 Å². The predicted molar refractivity (Wildman–Crippen MR) is 105 cm³/mol. The summed E-state index contributed by atoms with van der Waals surface area (Å²) in [6.45, 7) is 8.37. The Bertz CT molecular complexity index is 642. The first-order valence-electron chi connectivity index (χ1n) is 10.1. The van der Waals surface area contributed by atoms with E-state index in [1.54, 1.807) is 19.1 Å². The number of rotatable bonds is 10. The van der Waals surface area contributed by atoms with E-state index < -0.39 is 12.1 Å². The fourth-order valence-electron chi connectivity index (χ4n) is 3.18. The maximum Gasteiger partial charge on any atom is 0.339 e. The van der Waals surface area contributed by atoms with Crippen LogP contribution in [-0.2, 0) is 9.53 Å². The third-order valence-electron chi connectivity index (χ3n) is 4.50. The van der Waals surface area contributed by atoms with Crippen molar-refractivity contribution in [2.75, 3.05) is 19.8 Å². The van der Waals surface area contributed by atoms with Crippen LogP contribution in [0.5, 0.6) is 17.2 Å². The van der Waals surface area contributed by atoms with Crippen molar-refractivity contribution in [2.24, 2.45) is 0 Å². The highest BCUT2D eigenvalue weighted by atomic mass is 16.6. The predicted octanol–water partition coefficient (Wildman–Crippen LogP) is 3.49. The minimum atomic E-state index is -0.884. The van der Waals surface area contributed by atoms with Crippen LogP contribution >= 0.6 is 0 Å². The number of hydrogen-bond donors (Lipinski definition) is 1. The summed E-state index contributed by atoms with van der Waals surface area (Å²) in [6.07, 6.45) is 3.30. The summed E-state index contributed by atoms with van der Waals surface area (Å²) >= 11 is 0. The molecule has 1 amide bonds. The summed E-state index contributed by atoms with van der Waals surface area (Å²) in [6, 6.07) is 3.29. The van der Waals surface area contributed by atoms with Gasteiger partial charge in [0.1, 0.15) is 0 Å². The van der Waals surface area contributed by atoms with Gasteiger partial charge in [0, 0.05) is 6.04 Å². The first kappa shape index (κ1) is 21.9. The molecule has 7 nitrogen and oxygen atoms in total. The van der Waals surface area contributed by atoms with Crippen molar-refractivity contribution in [1.29, 1.82) is 0 Å². The second-order valence-electron chi connectivity index (χ2n) is 6.64. The Balaban J connectivity index is 2.14. The van der Waals surface area contributed by atoms with Gasteiger partial charge in [0.2, 0.25) is 5.75 Å². The molecular weight excluding hydrogens is 362 g/mol. The van der Waals surface area contributed by atoms with E-state index in [9.17, 15) is 9.59 Å². The number of carbonyl (C=O) groups excluding carboxylic acids is 2. The Morgan fingerprint density at radius 1 is 1.00 bits per heavy atom. The zero-order valence-corrected chi connectivity index (χ0v) is 17.2. The van der Waals surface area contributed by atoms with E-state index in [0.29, 0.717) is 37.1 Å². The standard InChI is InChI=1S/C21H31NO6/c1-5-25-17-12-15(13-18(26-6-2)19(17)27-7-3)21(24)28-14(4)20(23)22-16-10-8-9-11-16/h12-14,16H,5-11H2,1-4H3,(H,22,23)/t14-/m0/s1. The fourth-order valence-corrected chi connectivity index (χ4v) is 3.18. The number of amides is 1. The summed E-state index contributed by atoms with van der Waals surface area (Å²) in [4.78, 5) is 24.9. The van der Waals surface area contributed by atoms with Crippen molar-refractivity contribution in [3.05, 3.63) is 17.7 Å². The minimum absolute atomic E-state index is 0.174. The number of carbonyl (C=O) groups is 2. The Hall–Kier alpha value is -2.44. The van der Waals surface area contributed by atoms with Crippen LogP contribution < -0.4 is 19.5 Å². The smallest absolute Gasteiger partial charge is 0.339 e. The second-order valence-corrected chi connectivity index (χ2v) is 6.64. The molecule has 0 aliphatic heterocycles. The van der Waals surface area contributed by atoms with Gasteiger partial charge in [-0.3, -0.25) is 4.79 Å².